The molecule has 3 aromatic rings. The molecule has 8 heteroatoms. The quantitative estimate of drug-likeness (QED) is 0.585. The Labute approximate surface area is 152 Å². The van der Waals surface area contributed by atoms with E-state index in [4.69, 9.17) is 32.5 Å². The Balaban J connectivity index is 0.000000431. The topological polar surface area (TPSA) is 122 Å². The van der Waals surface area contributed by atoms with Crippen LogP contribution in [0.5, 0.6) is 11.5 Å². The lowest BCUT2D eigenvalue weighted by molar-refractivity contribution is -2.00. The van der Waals surface area contributed by atoms with E-state index < -0.39 is 10.2 Å². The van der Waals surface area contributed by atoms with E-state index >= 15 is 0 Å². The number of rotatable bonds is 4. The summed E-state index contributed by atoms with van der Waals surface area (Å²) in [7, 11) is -3.29. The second-order valence-corrected chi connectivity index (χ2v) is 5.77. The second kappa shape index (κ2) is 8.79. The predicted molar refractivity (Wildman–Crippen MR) is 83.8 cm³/mol. The molecule has 0 spiro atoms. The maximum absolute atomic E-state index is 8.49. The first kappa shape index (κ1) is 19.9. The third kappa shape index (κ3) is 5.83. The predicted octanol–water partition coefficient (Wildman–Crippen LogP) is 0.0322. The Kier molecular flexibility index (Phi) is 6.73. The number of hydrogen-bond acceptors (Lipinski definition) is 6. The molecule has 0 aliphatic rings. The fourth-order valence-electron chi connectivity index (χ4n) is 2.28. The van der Waals surface area contributed by atoms with Crippen LogP contribution in [0, 0.1) is 10.2 Å². The molecule has 0 aliphatic carbocycles. The minimum atomic E-state index is -4.94. The lowest BCUT2D eigenvalue weighted by atomic mass is 10.1. The van der Waals surface area contributed by atoms with Crippen molar-refractivity contribution < 1.29 is 42.8 Å². The maximum atomic E-state index is 8.49. The molecule has 0 radical (unpaired) electrons. The van der Waals surface area contributed by atoms with Gasteiger partial charge < -0.3 is 9.47 Å². The Morgan fingerprint density at radius 3 is 2.15 bits per heavy atom. The van der Waals surface area contributed by atoms with Gasteiger partial charge in [-0.05, 0) is 37.3 Å². The number of methoxy groups -OCH3 is 1. The van der Waals surface area contributed by atoms with Crippen molar-refractivity contribution in [1.82, 2.24) is 0 Å². The van der Waals surface area contributed by atoms with Crippen LogP contribution in [0.3, 0.4) is 0 Å². The van der Waals surface area contributed by atoms with Crippen LogP contribution in [0.1, 0.15) is 6.92 Å². The van der Waals surface area contributed by atoms with Gasteiger partial charge >= 0.3 is 11.3 Å². The van der Waals surface area contributed by atoms with E-state index in [9.17, 15) is 0 Å². The molecule has 0 N–H and O–H groups in total. The summed E-state index contributed by atoms with van der Waals surface area (Å²) in [6, 6.07) is 17.6. The molecule has 0 fully saturated rings. The monoisotopic (exact) mass is 380 g/mol. The van der Waals surface area contributed by atoms with Crippen molar-refractivity contribution in [2.24, 2.45) is 0 Å². The minimum absolute atomic E-state index is 0.621. The van der Waals surface area contributed by atoms with Crippen molar-refractivity contribution in [3.63, 3.8) is 0 Å². The first-order chi connectivity index (χ1) is 12.3. The number of halogens is 1. The molecule has 0 saturated heterocycles. The van der Waals surface area contributed by atoms with Crippen molar-refractivity contribution >= 4 is 11.0 Å². The fourth-order valence-corrected chi connectivity index (χ4v) is 2.28. The van der Waals surface area contributed by atoms with Gasteiger partial charge in [-0.3, -0.25) is 0 Å². The van der Waals surface area contributed by atoms with E-state index in [2.05, 4.69) is 0 Å². The van der Waals surface area contributed by atoms with Crippen molar-refractivity contribution in [2.45, 2.75) is 6.92 Å². The van der Waals surface area contributed by atoms with Crippen molar-refractivity contribution in [2.75, 3.05) is 13.7 Å². The average molecular weight is 381 g/mol. The molecule has 2 aromatic carbocycles. The summed E-state index contributed by atoms with van der Waals surface area (Å²) in [4.78, 5) is 0. The van der Waals surface area contributed by atoms with Crippen LogP contribution >= 0.6 is 0 Å². The van der Waals surface area contributed by atoms with E-state index in [1.165, 1.54) is 0 Å². The van der Waals surface area contributed by atoms with Crippen LogP contribution in [0.2, 0.25) is 0 Å². The third-order valence-corrected chi connectivity index (χ3v) is 3.31. The third-order valence-electron chi connectivity index (χ3n) is 3.31. The normalized spacial score (nSPS) is 10.8. The number of fused-ring (bicyclic) bond motifs is 1. The highest BCUT2D eigenvalue weighted by Gasteiger charge is 2.19. The number of benzene rings is 2. The second-order valence-electron chi connectivity index (χ2n) is 5.01. The van der Waals surface area contributed by atoms with Gasteiger partial charge in [-0.25, -0.2) is 23.1 Å². The highest BCUT2D eigenvalue weighted by atomic mass is 35.7. The van der Waals surface area contributed by atoms with Gasteiger partial charge in [-0.1, -0.05) is 12.1 Å². The van der Waals surface area contributed by atoms with Crippen LogP contribution < -0.4 is 28.1 Å². The Morgan fingerprint density at radius 1 is 0.962 bits per heavy atom. The highest BCUT2D eigenvalue weighted by molar-refractivity contribution is 5.85. The van der Waals surface area contributed by atoms with E-state index in [0.29, 0.717) is 6.61 Å². The molecule has 1 heterocycles. The smallest absolute Gasteiger partial charge is 0.364 e. The average Bonchev–Trinajstić information content (AvgIpc) is 2.60. The lowest BCUT2D eigenvalue weighted by Gasteiger charge is -2.17. The molecule has 7 nitrogen and oxygen atoms in total. The summed E-state index contributed by atoms with van der Waals surface area (Å²) < 4.78 is 50.9. The van der Waals surface area contributed by atoms with Crippen LogP contribution in [-0.4, -0.2) is 13.7 Å². The van der Waals surface area contributed by atoms with E-state index in [1.54, 1.807) is 7.11 Å². The molecule has 3 rings (SSSR count). The molecule has 0 amide bonds. The van der Waals surface area contributed by atoms with Gasteiger partial charge in [0.1, 0.15) is 16.9 Å². The van der Waals surface area contributed by atoms with Crippen molar-refractivity contribution in [3.8, 4) is 22.8 Å². The molecule has 0 saturated carbocycles. The standard InChI is InChI=1S/C18H17O3.ClHO4/c1-3-20-18-12-17(13-8-10-14(19-2)11-9-13)21-16-7-5-4-6-15(16)18;2-1(3,4)5/h4-12H,3H2,1-2H3;(H,2,3,4,5)/q+1;/p-1. The fraction of sp³-hybridized carbons (Fsp3) is 0.167. The van der Waals surface area contributed by atoms with Gasteiger partial charge in [-0.15, -0.1) is 10.2 Å². The molecular weight excluding hydrogens is 364 g/mol. The molecule has 0 unspecified atom stereocenters. The van der Waals surface area contributed by atoms with Gasteiger partial charge in [0.2, 0.25) is 0 Å². The van der Waals surface area contributed by atoms with Crippen molar-refractivity contribution in [3.05, 3.63) is 54.6 Å². The van der Waals surface area contributed by atoms with Gasteiger partial charge in [0.25, 0.3) is 0 Å². The molecular formula is C18H17ClO7. The van der Waals surface area contributed by atoms with E-state index in [-0.39, 0.29) is 0 Å². The number of hydrogen-bond donors (Lipinski definition) is 0. The first-order valence-corrected chi connectivity index (χ1v) is 8.80. The van der Waals surface area contributed by atoms with Gasteiger partial charge in [0.05, 0.1) is 25.3 Å². The summed E-state index contributed by atoms with van der Waals surface area (Å²) >= 11 is 0. The molecule has 0 atom stereocenters. The van der Waals surface area contributed by atoms with Gasteiger partial charge in [0, 0.05) is 6.07 Å². The zero-order valence-electron chi connectivity index (χ0n) is 14.1. The Hall–Kier alpha value is -2.42. The zero-order chi connectivity index (χ0) is 19.2. The molecule has 26 heavy (non-hydrogen) atoms. The molecule has 138 valence electrons. The molecule has 0 bridgehead atoms. The van der Waals surface area contributed by atoms with Crippen LogP contribution in [-0.2, 0) is 0 Å². The largest absolute Gasteiger partial charge is 0.497 e. The summed E-state index contributed by atoms with van der Waals surface area (Å²) in [6.45, 7) is 2.60. The van der Waals surface area contributed by atoms with Crippen LogP contribution in [0.15, 0.2) is 59.0 Å². The Bertz CT molecular complexity index is 838. The minimum Gasteiger partial charge on any atom is -0.497 e. The SMILES string of the molecule is CCOc1cc(-c2ccc(OC)cc2)[o+]c2ccccc12.[O-][Cl+3]([O-])([O-])[O-]. The highest BCUT2D eigenvalue weighted by Crippen LogP contribution is 2.33. The van der Waals surface area contributed by atoms with Crippen LogP contribution in [0.4, 0.5) is 0 Å². The summed E-state index contributed by atoms with van der Waals surface area (Å²) in [5, 5.41) is 0.983. The zero-order valence-corrected chi connectivity index (χ0v) is 14.9. The van der Waals surface area contributed by atoms with E-state index in [1.807, 2.05) is 61.5 Å². The molecule has 0 aliphatic heterocycles. The number of para-hydroxylation sites is 1. The van der Waals surface area contributed by atoms with Crippen molar-refractivity contribution in [1.29, 1.82) is 0 Å². The Morgan fingerprint density at radius 2 is 1.58 bits per heavy atom. The van der Waals surface area contributed by atoms with Gasteiger partial charge in [0.15, 0.2) is 0 Å². The summed E-state index contributed by atoms with van der Waals surface area (Å²) in [5.41, 5.74) is 1.80. The molecule has 1 aromatic heterocycles. The number of ether oxygens (including phenoxy) is 2. The summed E-state index contributed by atoms with van der Waals surface area (Å²) in [5.74, 6) is 2.44. The van der Waals surface area contributed by atoms with E-state index in [0.717, 1.165) is 33.8 Å². The first-order valence-electron chi connectivity index (χ1n) is 7.56. The van der Waals surface area contributed by atoms with Crippen LogP contribution in [0.25, 0.3) is 22.3 Å². The maximum Gasteiger partial charge on any atom is 0.364 e. The summed E-state index contributed by atoms with van der Waals surface area (Å²) in [6.07, 6.45) is 0. The lowest BCUT2D eigenvalue weighted by Crippen LogP contribution is -2.68. The van der Waals surface area contributed by atoms with Gasteiger partial charge in [-0.2, -0.15) is 0 Å².